The number of nitrogens with zero attached hydrogens (tertiary/aromatic N) is 2. The topological polar surface area (TPSA) is 62.3 Å². The number of carbonyl (C=O) groups is 2. The number of carbonyl (C=O) groups excluding carboxylic acids is 2. The van der Waals surface area contributed by atoms with Gasteiger partial charge in [0.05, 0.1) is 5.56 Å². The van der Waals surface area contributed by atoms with E-state index in [0.717, 1.165) is 32.1 Å². The Bertz CT molecular complexity index is 948. The molecule has 0 spiro atoms. The fourth-order valence-corrected chi connectivity index (χ4v) is 7.97. The van der Waals surface area contributed by atoms with Crippen LogP contribution in [0.1, 0.15) is 62.7 Å². The number of aromatic nitrogens is 1. The molecule has 1 aromatic rings. The Morgan fingerprint density at radius 1 is 1.19 bits per heavy atom. The quantitative estimate of drug-likeness (QED) is 0.688. The van der Waals surface area contributed by atoms with Crippen molar-refractivity contribution < 1.29 is 9.59 Å². The van der Waals surface area contributed by atoms with E-state index in [1.807, 2.05) is 11.9 Å². The number of hydrogen-bond donors (Lipinski definition) is 1. The van der Waals surface area contributed by atoms with Crippen LogP contribution in [0.15, 0.2) is 30.5 Å². The Kier molecular flexibility index (Phi) is 4.96. The van der Waals surface area contributed by atoms with Crippen molar-refractivity contribution in [1.82, 2.24) is 15.2 Å². The number of likely N-dealkylation sites (N-methyl/N-ethyl adjacent to an activating group) is 1. The number of fused-ring (bicyclic) bond motifs is 5. The van der Waals surface area contributed by atoms with Gasteiger partial charge < -0.3 is 10.2 Å². The smallest absolute Gasteiger partial charge is 0.254 e. The van der Waals surface area contributed by atoms with Crippen molar-refractivity contribution in [2.75, 3.05) is 7.05 Å². The molecule has 0 unspecified atom stereocenters. The van der Waals surface area contributed by atoms with E-state index < -0.39 is 0 Å². The molecule has 1 aromatic heterocycles. The summed E-state index contributed by atoms with van der Waals surface area (Å²) in [5.41, 5.74) is 0.615. The lowest BCUT2D eigenvalue weighted by molar-refractivity contribution is -0.138. The first-order valence-electron chi connectivity index (χ1n) is 11.6. The Morgan fingerprint density at radius 3 is 2.77 bits per heavy atom. The number of amides is 2. The molecule has 7 atom stereocenters. The summed E-state index contributed by atoms with van der Waals surface area (Å²) in [6, 6.07) is 3.97. The molecule has 3 aliphatic carbocycles. The monoisotopic (exact) mass is 441 g/mol. The van der Waals surface area contributed by atoms with E-state index >= 15 is 0 Å². The molecule has 5 rings (SSSR count). The molecule has 166 valence electrons. The molecule has 3 fully saturated rings. The molecular weight excluding hydrogens is 410 g/mol. The van der Waals surface area contributed by atoms with Gasteiger partial charge in [-0.25, -0.2) is 4.98 Å². The number of hydrogen-bond acceptors (Lipinski definition) is 3. The third-order valence-electron chi connectivity index (χ3n) is 9.44. The zero-order valence-electron chi connectivity index (χ0n) is 18.6. The highest BCUT2D eigenvalue weighted by atomic mass is 35.5. The second kappa shape index (κ2) is 7.33. The average molecular weight is 442 g/mol. The van der Waals surface area contributed by atoms with Crippen LogP contribution in [0.3, 0.4) is 0 Å². The van der Waals surface area contributed by atoms with Gasteiger partial charge in [-0.15, -0.1) is 0 Å². The summed E-state index contributed by atoms with van der Waals surface area (Å²) in [6.07, 6.45) is 12.3. The van der Waals surface area contributed by atoms with Gasteiger partial charge >= 0.3 is 0 Å². The minimum atomic E-state index is -0.113. The SMILES string of the molecule is CN1C(=O)C=C[C@]2(C)[C@H]3CC[C@]4(C)[C@@H](NC(=O)c5cccnc5Cl)CC[C@H]4[C@@H]3CC[C@@H]12. The standard InChI is InChI=1S/C25H32ClN3O2/c1-24-12-10-18-15(6-9-20-25(18,2)13-11-21(30)29(20)3)17(24)7-8-19(24)28-23(31)16-5-4-14-27-22(16)26/h4-5,11,13-15,17-20H,6-10,12H2,1-3H3,(H,28,31)/t15-,17-,18-,19-,20+,24-,25+/m0/s1. The molecule has 6 heteroatoms. The maximum atomic E-state index is 12.9. The first-order valence-corrected chi connectivity index (χ1v) is 12.0. The summed E-state index contributed by atoms with van der Waals surface area (Å²) in [6.45, 7) is 4.76. The first kappa shape index (κ1) is 21.0. The van der Waals surface area contributed by atoms with Gasteiger partial charge in [-0.05, 0) is 79.9 Å². The lowest BCUT2D eigenvalue weighted by Crippen LogP contribution is -2.60. The summed E-state index contributed by atoms with van der Waals surface area (Å²) < 4.78 is 0. The summed E-state index contributed by atoms with van der Waals surface area (Å²) in [5.74, 6) is 1.88. The Morgan fingerprint density at radius 2 is 2.00 bits per heavy atom. The fourth-order valence-electron chi connectivity index (χ4n) is 7.77. The highest BCUT2D eigenvalue weighted by Gasteiger charge is 2.60. The van der Waals surface area contributed by atoms with E-state index in [0.29, 0.717) is 29.4 Å². The molecule has 0 bridgehead atoms. The number of pyridine rings is 1. The van der Waals surface area contributed by atoms with E-state index in [-0.39, 0.29) is 33.8 Å². The number of halogens is 1. The van der Waals surface area contributed by atoms with Crippen LogP contribution < -0.4 is 5.32 Å². The van der Waals surface area contributed by atoms with Crippen molar-refractivity contribution >= 4 is 23.4 Å². The maximum absolute atomic E-state index is 12.9. The zero-order valence-corrected chi connectivity index (χ0v) is 19.4. The van der Waals surface area contributed by atoms with Gasteiger partial charge in [-0.3, -0.25) is 9.59 Å². The Labute approximate surface area is 189 Å². The van der Waals surface area contributed by atoms with Crippen LogP contribution in [0.2, 0.25) is 5.15 Å². The van der Waals surface area contributed by atoms with Gasteiger partial charge in [0.2, 0.25) is 5.91 Å². The Hall–Kier alpha value is -1.88. The van der Waals surface area contributed by atoms with Gasteiger partial charge in [-0.1, -0.05) is 31.5 Å². The van der Waals surface area contributed by atoms with Gasteiger partial charge in [0, 0.05) is 30.7 Å². The lowest BCUT2D eigenvalue weighted by atomic mass is 9.48. The van der Waals surface area contributed by atoms with Crippen LogP contribution in [0.25, 0.3) is 0 Å². The molecule has 31 heavy (non-hydrogen) atoms. The summed E-state index contributed by atoms with van der Waals surface area (Å²) in [4.78, 5) is 31.2. The van der Waals surface area contributed by atoms with E-state index in [4.69, 9.17) is 11.6 Å². The van der Waals surface area contributed by atoms with Gasteiger partial charge in [0.1, 0.15) is 5.15 Å². The first-order chi connectivity index (χ1) is 14.8. The molecule has 2 heterocycles. The van der Waals surface area contributed by atoms with Crippen LogP contribution in [-0.4, -0.2) is 40.8 Å². The third kappa shape index (κ3) is 3.06. The summed E-state index contributed by atoms with van der Waals surface area (Å²) in [7, 11) is 1.97. The van der Waals surface area contributed by atoms with Crippen molar-refractivity contribution in [3.8, 4) is 0 Å². The molecule has 5 nitrogen and oxygen atoms in total. The van der Waals surface area contributed by atoms with Crippen LogP contribution in [-0.2, 0) is 4.79 Å². The van der Waals surface area contributed by atoms with E-state index in [9.17, 15) is 9.59 Å². The van der Waals surface area contributed by atoms with Crippen LogP contribution >= 0.6 is 11.6 Å². The molecule has 0 radical (unpaired) electrons. The molecule has 3 saturated carbocycles. The predicted molar refractivity (Wildman–Crippen MR) is 121 cm³/mol. The summed E-state index contributed by atoms with van der Waals surface area (Å²) >= 11 is 6.16. The van der Waals surface area contributed by atoms with E-state index in [2.05, 4.69) is 30.2 Å². The average Bonchev–Trinajstić information content (AvgIpc) is 3.07. The van der Waals surface area contributed by atoms with Gasteiger partial charge in [-0.2, -0.15) is 0 Å². The number of nitrogens with one attached hydrogen (secondary N) is 1. The molecule has 1 aliphatic heterocycles. The minimum Gasteiger partial charge on any atom is -0.349 e. The minimum absolute atomic E-state index is 0.0531. The largest absolute Gasteiger partial charge is 0.349 e. The van der Waals surface area contributed by atoms with Crippen LogP contribution in [0, 0.1) is 28.6 Å². The van der Waals surface area contributed by atoms with Crippen molar-refractivity contribution in [3.63, 3.8) is 0 Å². The van der Waals surface area contributed by atoms with Crippen molar-refractivity contribution in [1.29, 1.82) is 0 Å². The highest BCUT2D eigenvalue weighted by Crippen LogP contribution is 2.63. The van der Waals surface area contributed by atoms with Crippen molar-refractivity contribution in [2.45, 2.75) is 64.5 Å². The van der Waals surface area contributed by atoms with E-state index in [1.54, 1.807) is 24.4 Å². The van der Waals surface area contributed by atoms with Gasteiger partial charge in [0.15, 0.2) is 0 Å². The molecule has 0 aromatic carbocycles. The zero-order chi connectivity index (χ0) is 22.0. The number of rotatable bonds is 2. The Balaban J connectivity index is 1.37. The molecule has 2 amide bonds. The maximum Gasteiger partial charge on any atom is 0.254 e. The lowest BCUT2D eigenvalue weighted by Gasteiger charge is -2.60. The predicted octanol–water partition coefficient (Wildman–Crippen LogP) is 4.47. The molecular formula is C25H32ClN3O2. The normalized spacial score (nSPS) is 41.4. The van der Waals surface area contributed by atoms with Crippen molar-refractivity contribution in [2.24, 2.45) is 28.6 Å². The fraction of sp³-hybridized carbons (Fsp3) is 0.640. The molecule has 0 saturated heterocycles. The second-order valence-corrected chi connectivity index (χ2v) is 11.0. The third-order valence-corrected chi connectivity index (χ3v) is 9.74. The highest BCUT2D eigenvalue weighted by molar-refractivity contribution is 6.32. The second-order valence-electron chi connectivity index (χ2n) is 10.6. The molecule has 4 aliphatic rings. The van der Waals surface area contributed by atoms with Crippen LogP contribution in [0.4, 0.5) is 0 Å². The summed E-state index contributed by atoms with van der Waals surface area (Å²) in [5, 5.41) is 3.58. The van der Waals surface area contributed by atoms with E-state index in [1.165, 1.54) is 6.42 Å². The molecule has 1 N–H and O–H groups in total. The van der Waals surface area contributed by atoms with Gasteiger partial charge in [0.25, 0.3) is 5.91 Å². The van der Waals surface area contributed by atoms with Crippen LogP contribution in [0.5, 0.6) is 0 Å². The van der Waals surface area contributed by atoms with Crippen molar-refractivity contribution in [3.05, 3.63) is 41.2 Å².